The third-order valence-corrected chi connectivity index (χ3v) is 5.06. The summed E-state index contributed by atoms with van der Waals surface area (Å²) in [5.74, 6) is 0.311. The summed E-state index contributed by atoms with van der Waals surface area (Å²) in [5, 5.41) is 3.69. The average molecular weight is 343 g/mol. The lowest BCUT2D eigenvalue weighted by Crippen LogP contribution is -2.28. The number of hydrogen-bond donors (Lipinski definition) is 1. The molecule has 0 aliphatic rings. The average Bonchev–Trinajstić information content (AvgIpc) is 2.57. The highest BCUT2D eigenvalue weighted by molar-refractivity contribution is 7.99. The second-order valence-electron chi connectivity index (χ2n) is 5.98. The number of carbonyl (C=O) groups is 1. The summed E-state index contributed by atoms with van der Waals surface area (Å²) in [6.45, 7) is 10.1. The van der Waals surface area contributed by atoms with E-state index in [0.29, 0.717) is 10.9 Å². The highest BCUT2D eigenvalue weighted by atomic mass is 32.2. The molecule has 2 rings (SSSR count). The Bertz CT molecular complexity index is 690. The van der Waals surface area contributed by atoms with Gasteiger partial charge in [0, 0.05) is 11.4 Å². The van der Waals surface area contributed by atoms with Gasteiger partial charge >= 0.3 is 0 Å². The number of thioether (sulfide) groups is 1. The summed E-state index contributed by atoms with van der Waals surface area (Å²) in [4.78, 5) is 21.0. The lowest BCUT2D eigenvalue weighted by atomic mass is 10.1. The minimum Gasteiger partial charge on any atom is -0.349 e. The SMILES string of the molecule is CCc1ccc([C@@H](C)NC(=O)CSc2nc(C)c(C)c(C)n2)cc1. The van der Waals surface area contributed by atoms with Crippen molar-refractivity contribution in [1.82, 2.24) is 15.3 Å². The molecule has 1 amide bonds. The Labute approximate surface area is 148 Å². The zero-order chi connectivity index (χ0) is 17.7. The zero-order valence-corrected chi connectivity index (χ0v) is 15.8. The number of nitrogens with zero attached hydrogens (tertiary/aromatic N) is 2. The van der Waals surface area contributed by atoms with Gasteiger partial charge in [0.15, 0.2) is 5.16 Å². The molecule has 1 aromatic heterocycles. The van der Waals surface area contributed by atoms with Gasteiger partial charge in [0.05, 0.1) is 11.8 Å². The second kappa shape index (κ2) is 8.29. The van der Waals surface area contributed by atoms with Gasteiger partial charge in [-0.3, -0.25) is 4.79 Å². The highest BCUT2D eigenvalue weighted by Crippen LogP contribution is 2.18. The maximum absolute atomic E-state index is 12.2. The fourth-order valence-electron chi connectivity index (χ4n) is 2.34. The maximum Gasteiger partial charge on any atom is 0.230 e. The number of hydrogen-bond acceptors (Lipinski definition) is 4. The first-order chi connectivity index (χ1) is 11.4. The minimum atomic E-state index is -0.00795. The molecule has 0 bridgehead atoms. The summed E-state index contributed by atoms with van der Waals surface area (Å²) in [6.07, 6.45) is 1.02. The lowest BCUT2D eigenvalue weighted by molar-refractivity contribution is -0.119. The molecule has 0 saturated carbocycles. The molecule has 1 heterocycles. The number of nitrogens with one attached hydrogen (secondary N) is 1. The Kier molecular flexibility index (Phi) is 6.37. The van der Waals surface area contributed by atoms with E-state index in [9.17, 15) is 4.79 Å². The van der Waals surface area contributed by atoms with Crippen LogP contribution in [0.4, 0.5) is 0 Å². The van der Waals surface area contributed by atoms with Gasteiger partial charge in [-0.25, -0.2) is 9.97 Å². The molecule has 0 fully saturated rings. The van der Waals surface area contributed by atoms with Crippen LogP contribution in [0.2, 0.25) is 0 Å². The van der Waals surface area contributed by atoms with E-state index in [1.165, 1.54) is 17.3 Å². The van der Waals surface area contributed by atoms with Crippen molar-refractivity contribution in [3.05, 3.63) is 52.3 Å². The van der Waals surface area contributed by atoms with E-state index < -0.39 is 0 Å². The van der Waals surface area contributed by atoms with Crippen molar-refractivity contribution in [2.24, 2.45) is 0 Å². The van der Waals surface area contributed by atoms with Gasteiger partial charge in [0.2, 0.25) is 5.91 Å². The van der Waals surface area contributed by atoms with Crippen LogP contribution in [-0.4, -0.2) is 21.6 Å². The number of aryl methyl sites for hydroxylation is 3. The van der Waals surface area contributed by atoms with Crippen LogP contribution in [0, 0.1) is 20.8 Å². The molecular formula is C19H25N3OS. The molecular weight excluding hydrogens is 318 g/mol. The molecule has 5 heteroatoms. The van der Waals surface area contributed by atoms with Gasteiger partial charge in [0.1, 0.15) is 0 Å². The van der Waals surface area contributed by atoms with Crippen molar-refractivity contribution in [1.29, 1.82) is 0 Å². The van der Waals surface area contributed by atoms with E-state index in [-0.39, 0.29) is 11.9 Å². The zero-order valence-electron chi connectivity index (χ0n) is 15.0. The van der Waals surface area contributed by atoms with Crippen LogP contribution >= 0.6 is 11.8 Å². The standard InChI is InChI=1S/C19H25N3OS/c1-6-16-7-9-17(10-8-16)15(5)20-18(23)11-24-19-21-13(3)12(2)14(4)22-19/h7-10,15H,6,11H2,1-5H3,(H,20,23)/t15-/m1/s1. The number of rotatable bonds is 6. The van der Waals surface area contributed by atoms with E-state index in [2.05, 4.69) is 46.5 Å². The third-order valence-electron chi connectivity index (χ3n) is 4.21. The van der Waals surface area contributed by atoms with Crippen LogP contribution in [0.5, 0.6) is 0 Å². The number of carbonyl (C=O) groups excluding carboxylic acids is 1. The van der Waals surface area contributed by atoms with Gasteiger partial charge in [0.25, 0.3) is 0 Å². The van der Waals surface area contributed by atoms with Crippen LogP contribution in [0.3, 0.4) is 0 Å². The monoisotopic (exact) mass is 343 g/mol. The largest absolute Gasteiger partial charge is 0.349 e. The van der Waals surface area contributed by atoms with Crippen LogP contribution in [0.15, 0.2) is 29.4 Å². The van der Waals surface area contributed by atoms with Crippen LogP contribution < -0.4 is 5.32 Å². The lowest BCUT2D eigenvalue weighted by Gasteiger charge is -2.14. The fourth-order valence-corrected chi connectivity index (χ4v) is 3.09. The molecule has 0 saturated heterocycles. The van der Waals surface area contributed by atoms with Crippen LogP contribution in [-0.2, 0) is 11.2 Å². The molecule has 128 valence electrons. The molecule has 1 atom stereocenters. The molecule has 0 radical (unpaired) electrons. The summed E-state index contributed by atoms with van der Waals surface area (Å²) in [6, 6.07) is 8.36. The topological polar surface area (TPSA) is 54.9 Å². The molecule has 4 nitrogen and oxygen atoms in total. The molecule has 0 aliphatic carbocycles. The van der Waals surface area contributed by atoms with Crippen molar-refractivity contribution in [3.63, 3.8) is 0 Å². The third kappa shape index (κ3) is 4.81. The van der Waals surface area contributed by atoms with Crippen LogP contribution in [0.25, 0.3) is 0 Å². The second-order valence-corrected chi connectivity index (χ2v) is 6.92. The van der Waals surface area contributed by atoms with E-state index in [0.717, 1.165) is 28.9 Å². The van der Waals surface area contributed by atoms with E-state index in [4.69, 9.17) is 0 Å². The normalized spacial score (nSPS) is 12.0. The first-order valence-electron chi connectivity index (χ1n) is 8.23. The predicted molar refractivity (Wildman–Crippen MR) is 99.3 cm³/mol. The summed E-state index contributed by atoms with van der Waals surface area (Å²) in [7, 11) is 0. The van der Waals surface area contributed by atoms with Gasteiger partial charge < -0.3 is 5.32 Å². The van der Waals surface area contributed by atoms with Gasteiger partial charge in [-0.2, -0.15) is 0 Å². The van der Waals surface area contributed by atoms with E-state index in [1.807, 2.05) is 27.7 Å². The van der Waals surface area contributed by atoms with Crippen molar-refractivity contribution >= 4 is 17.7 Å². The first-order valence-corrected chi connectivity index (χ1v) is 9.22. The first kappa shape index (κ1) is 18.5. The Morgan fingerprint density at radius 1 is 1.12 bits per heavy atom. The molecule has 1 aromatic carbocycles. The van der Waals surface area contributed by atoms with Crippen molar-refractivity contribution in [2.75, 3.05) is 5.75 Å². The Morgan fingerprint density at radius 2 is 1.71 bits per heavy atom. The highest BCUT2D eigenvalue weighted by Gasteiger charge is 2.12. The van der Waals surface area contributed by atoms with Crippen molar-refractivity contribution < 1.29 is 4.79 Å². The van der Waals surface area contributed by atoms with E-state index >= 15 is 0 Å². The van der Waals surface area contributed by atoms with Gasteiger partial charge in [-0.15, -0.1) is 0 Å². The summed E-state index contributed by atoms with van der Waals surface area (Å²) in [5.41, 5.74) is 5.46. The maximum atomic E-state index is 12.2. The number of benzene rings is 1. The summed E-state index contributed by atoms with van der Waals surface area (Å²) < 4.78 is 0. The fraction of sp³-hybridized carbons (Fsp3) is 0.421. The smallest absolute Gasteiger partial charge is 0.230 e. The molecule has 24 heavy (non-hydrogen) atoms. The quantitative estimate of drug-likeness (QED) is 0.638. The number of aromatic nitrogens is 2. The van der Waals surface area contributed by atoms with E-state index in [1.54, 1.807) is 0 Å². The molecule has 1 N–H and O–H groups in total. The van der Waals surface area contributed by atoms with Gasteiger partial charge in [-0.1, -0.05) is 43.0 Å². The van der Waals surface area contributed by atoms with Crippen molar-refractivity contribution in [3.8, 4) is 0 Å². The molecule has 0 spiro atoms. The van der Waals surface area contributed by atoms with Crippen molar-refractivity contribution in [2.45, 2.75) is 52.2 Å². The minimum absolute atomic E-state index is 0.00782. The Morgan fingerprint density at radius 3 is 2.25 bits per heavy atom. The Balaban J connectivity index is 1.90. The number of amides is 1. The molecule has 0 aliphatic heterocycles. The molecule has 0 unspecified atom stereocenters. The summed E-state index contributed by atoms with van der Waals surface area (Å²) >= 11 is 1.37. The van der Waals surface area contributed by atoms with Gasteiger partial charge in [-0.05, 0) is 50.8 Å². The molecule has 2 aromatic rings. The van der Waals surface area contributed by atoms with Crippen LogP contribution in [0.1, 0.15) is 48.0 Å². The predicted octanol–water partition coefficient (Wildman–Crippen LogP) is 3.93. The Hall–Kier alpha value is -1.88.